The van der Waals surface area contributed by atoms with Crippen LogP contribution in [-0.2, 0) is 11.2 Å². The van der Waals surface area contributed by atoms with Crippen LogP contribution in [0.4, 0.5) is 5.69 Å². The third-order valence-corrected chi connectivity index (χ3v) is 7.10. The van der Waals surface area contributed by atoms with E-state index < -0.39 is 0 Å². The lowest BCUT2D eigenvalue weighted by Crippen LogP contribution is -2.43. The van der Waals surface area contributed by atoms with Gasteiger partial charge in [0, 0.05) is 6.92 Å². The van der Waals surface area contributed by atoms with Crippen LogP contribution in [0, 0.1) is 17.3 Å². The minimum Gasteiger partial charge on any atom is -0.506 e. The van der Waals surface area contributed by atoms with E-state index in [-0.39, 0.29) is 23.2 Å². The van der Waals surface area contributed by atoms with Crippen LogP contribution in [0.25, 0.3) is 0 Å². The highest BCUT2D eigenvalue weighted by Gasteiger charge is 2.54. The molecule has 3 aliphatic rings. The number of hydrogen-bond donors (Lipinski definition) is 3. The number of benzene rings is 1. The van der Waals surface area contributed by atoms with Gasteiger partial charge in [-0.05, 0) is 85.0 Å². The average Bonchev–Trinajstić information content (AvgIpc) is 2.83. The van der Waals surface area contributed by atoms with E-state index in [1.165, 1.54) is 18.1 Å². The summed E-state index contributed by atoms with van der Waals surface area (Å²) >= 11 is 0. The van der Waals surface area contributed by atoms with Gasteiger partial charge in [0.1, 0.15) is 5.75 Å². The lowest BCUT2D eigenvalue weighted by Gasteiger charge is -2.50. The Kier molecular flexibility index (Phi) is 3.64. The number of nitrogens with one attached hydrogen (secondary N) is 1. The Hall–Kier alpha value is -1.55. The zero-order chi connectivity index (χ0) is 17.1. The highest BCUT2D eigenvalue weighted by molar-refractivity contribution is 5.90. The predicted molar refractivity (Wildman–Crippen MR) is 93.0 cm³/mol. The van der Waals surface area contributed by atoms with E-state index in [1.54, 1.807) is 0 Å². The SMILES string of the molecule is CC(=O)Nc1cc2c(cc1O)CC[C@@H]1[C@@H]2CC[C@]2(C)C(O)CC[C@@H]12. The first kappa shape index (κ1) is 15.9. The average molecular weight is 329 g/mol. The number of aryl methyl sites for hydroxylation is 1. The summed E-state index contributed by atoms with van der Waals surface area (Å²) in [5.41, 5.74) is 3.14. The lowest BCUT2D eigenvalue weighted by molar-refractivity contribution is -0.114. The van der Waals surface area contributed by atoms with E-state index in [1.807, 2.05) is 12.1 Å². The van der Waals surface area contributed by atoms with Gasteiger partial charge in [-0.3, -0.25) is 4.79 Å². The first-order valence-electron chi connectivity index (χ1n) is 9.21. The summed E-state index contributed by atoms with van der Waals surface area (Å²) in [5.74, 6) is 1.71. The Morgan fingerprint density at radius 3 is 2.79 bits per heavy atom. The van der Waals surface area contributed by atoms with Crippen LogP contribution < -0.4 is 5.32 Å². The molecule has 4 rings (SSSR count). The molecule has 0 bridgehead atoms. The maximum absolute atomic E-state index is 11.4. The number of carbonyl (C=O) groups is 1. The van der Waals surface area contributed by atoms with E-state index in [0.29, 0.717) is 23.4 Å². The van der Waals surface area contributed by atoms with Crippen molar-refractivity contribution in [3.05, 3.63) is 23.3 Å². The second-order valence-electron chi connectivity index (χ2n) is 8.30. The van der Waals surface area contributed by atoms with Gasteiger partial charge in [0.25, 0.3) is 0 Å². The maximum Gasteiger partial charge on any atom is 0.221 e. The molecule has 130 valence electrons. The highest BCUT2D eigenvalue weighted by atomic mass is 16.3. The fourth-order valence-electron chi connectivity index (χ4n) is 5.87. The quantitative estimate of drug-likeness (QED) is 0.690. The standard InChI is InChI=1S/C20H27NO3/c1-11(22)21-17-10-15-12(9-18(17)23)3-4-14-13(15)7-8-20(2)16(14)5-6-19(20)24/h9-10,13-14,16,19,23-24H,3-8H2,1-2H3,(H,21,22)/t13-,14+,16-,19?,20-/m0/s1. The van der Waals surface area contributed by atoms with Gasteiger partial charge in [0.15, 0.2) is 0 Å². The summed E-state index contributed by atoms with van der Waals surface area (Å²) in [6.45, 7) is 3.74. The number of anilines is 1. The summed E-state index contributed by atoms with van der Waals surface area (Å²) < 4.78 is 0. The molecule has 4 nitrogen and oxygen atoms in total. The van der Waals surface area contributed by atoms with Crippen LogP contribution in [0.15, 0.2) is 12.1 Å². The molecule has 0 radical (unpaired) electrons. The molecule has 3 aliphatic carbocycles. The van der Waals surface area contributed by atoms with Crippen LogP contribution in [0.1, 0.15) is 63.0 Å². The van der Waals surface area contributed by atoms with Crippen LogP contribution in [-0.4, -0.2) is 22.2 Å². The molecule has 1 unspecified atom stereocenters. The molecule has 2 saturated carbocycles. The third kappa shape index (κ3) is 2.26. The molecular weight excluding hydrogens is 302 g/mol. The van der Waals surface area contributed by atoms with Gasteiger partial charge < -0.3 is 15.5 Å². The molecular formula is C20H27NO3. The second kappa shape index (κ2) is 5.48. The Morgan fingerprint density at radius 2 is 2.04 bits per heavy atom. The van der Waals surface area contributed by atoms with Gasteiger partial charge in [-0.25, -0.2) is 0 Å². The van der Waals surface area contributed by atoms with Crippen molar-refractivity contribution in [1.82, 2.24) is 0 Å². The van der Waals surface area contributed by atoms with Gasteiger partial charge in [-0.15, -0.1) is 0 Å². The number of phenols is 1. The Morgan fingerprint density at radius 1 is 1.25 bits per heavy atom. The fourth-order valence-corrected chi connectivity index (χ4v) is 5.87. The smallest absolute Gasteiger partial charge is 0.221 e. The minimum absolute atomic E-state index is 0.0794. The minimum atomic E-state index is -0.159. The van der Waals surface area contributed by atoms with Gasteiger partial charge in [-0.2, -0.15) is 0 Å². The van der Waals surface area contributed by atoms with Crippen LogP contribution in [0.3, 0.4) is 0 Å². The monoisotopic (exact) mass is 329 g/mol. The Balaban J connectivity index is 1.70. The van der Waals surface area contributed by atoms with Gasteiger partial charge >= 0.3 is 0 Å². The number of aliphatic hydroxyl groups excluding tert-OH is 1. The number of amides is 1. The topological polar surface area (TPSA) is 69.6 Å². The molecule has 1 amide bonds. The lowest BCUT2D eigenvalue weighted by atomic mass is 9.55. The molecule has 5 atom stereocenters. The number of rotatable bonds is 1. The second-order valence-corrected chi connectivity index (χ2v) is 8.30. The zero-order valence-corrected chi connectivity index (χ0v) is 14.5. The summed E-state index contributed by atoms with van der Waals surface area (Å²) in [5, 5.41) is 23.4. The number of fused-ring (bicyclic) bond motifs is 5. The molecule has 4 heteroatoms. The van der Waals surface area contributed by atoms with E-state index >= 15 is 0 Å². The summed E-state index contributed by atoms with van der Waals surface area (Å²) in [7, 11) is 0. The molecule has 2 fully saturated rings. The van der Waals surface area contributed by atoms with Crippen molar-refractivity contribution in [2.75, 3.05) is 5.32 Å². The third-order valence-electron chi connectivity index (χ3n) is 7.10. The van der Waals surface area contributed by atoms with Gasteiger partial charge in [0.05, 0.1) is 11.8 Å². The van der Waals surface area contributed by atoms with E-state index in [2.05, 4.69) is 12.2 Å². The number of carbonyl (C=O) groups excluding carboxylic acids is 1. The van der Waals surface area contributed by atoms with Gasteiger partial charge in [0.2, 0.25) is 5.91 Å². The van der Waals surface area contributed by atoms with Crippen molar-refractivity contribution in [2.24, 2.45) is 17.3 Å². The molecule has 0 aliphatic heterocycles. The number of hydrogen-bond acceptors (Lipinski definition) is 3. The normalized spacial score (nSPS) is 37.3. The van der Waals surface area contributed by atoms with E-state index in [9.17, 15) is 15.0 Å². The molecule has 0 saturated heterocycles. The Bertz CT molecular complexity index is 686. The van der Waals surface area contributed by atoms with Crippen molar-refractivity contribution < 1.29 is 15.0 Å². The van der Waals surface area contributed by atoms with Crippen LogP contribution in [0.5, 0.6) is 5.75 Å². The molecule has 0 aromatic heterocycles. The van der Waals surface area contributed by atoms with Crippen molar-refractivity contribution >= 4 is 11.6 Å². The predicted octanol–water partition coefficient (Wildman–Crippen LogP) is 3.57. The summed E-state index contributed by atoms with van der Waals surface area (Å²) in [6.07, 6.45) is 6.19. The number of phenolic OH excluding ortho intramolecular Hbond substituents is 1. The van der Waals surface area contributed by atoms with Crippen LogP contribution >= 0.6 is 0 Å². The molecule has 24 heavy (non-hydrogen) atoms. The number of aromatic hydroxyl groups is 1. The summed E-state index contributed by atoms with van der Waals surface area (Å²) in [4.78, 5) is 11.4. The Labute approximate surface area is 143 Å². The van der Waals surface area contributed by atoms with Crippen molar-refractivity contribution in [1.29, 1.82) is 0 Å². The van der Waals surface area contributed by atoms with E-state index in [4.69, 9.17) is 0 Å². The first-order chi connectivity index (χ1) is 11.4. The van der Waals surface area contributed by atoms with Crippen molar-refractivity contribution in [2.45, 2.75) is 64.4 Å². The van der Waals surface area contributed by atoms with Crippen molar-refractivity contribution in [3.63, 3.8) is 0 Å². The molecule has 1 aromatic carbocycles. The van der Waals surface area contributed by atoms with Gasteiger partial charge in [-0.1, -0.05) is 6.92 Å². The fraction of sp³-hybridized carbons (Fsp3) is 0.650. The zero-order valence-electron chi connectivity index (χ0n) is 14.5. The molecule has 1 aromatic rings. The molecule has 0 heterocycles. The first-order valence-corrected chi connectivity index (χ1v) is 9.21. The molecule has 0 spiro atoms. The van der Waals surface area contributed by atoms with Crippen LogP contribution in [0.2, 0.25) is 0 Å². The maximum atomic E-state index is 11.4. The highest BCUT2D eigenvalue weighted by Crippen LogP contribution is 2.61. The number of aliphatic hydroxyl groups is 1. The summed E-state index contributed by atoms with van der Waals surface area (Å²) in [6, 6.07) is 3.84. The largest absolute Gasteiger partial charge is 0.506 e. The van der Waals surface area contributed by atoms with E-state index in [0.717, 1.165) is 38.5 Å². The molecule has 3 N–H and O–H groups in total. The van der Waals surface area contributed by atoms with Crippen molar-refractivity contribution in [3.8, 4) is 5.75 Å².